The number of rotatable bonds is 1. The van der Waals surface area contributed by atoms with E-state index in [2.05, 4.69) is 9.97 Å². The Morgan fingerprint density at radius 2 is 1.90 bits per heavy atom. The van der Waals surface area contributed by atoms with Gasteiger partial charge >= 0.3 is 6.18 Å². The van der Waals surface area contributed by atoms with E-state index < -0.39 is 18.1 Å². The first-order chi connectivity index (χ1) is 9.66. The average molecular weight is 321 g/mol. The van der Waals surface area contributed by atoms with Gasteiger partial charge in [-0.15, -0.1) is 0 Å². The number of carbonyl (C=O) groups is 1. The molecule has 0 unspecified atom stereocenters. The molecular formula is C12H12ClF3N4O. The van der Waals surface area contributed by atoms with Crippen molar-refractivity contribution in [3.05, 3.63) is 11.0 Å². The quantitative estimate of drug-likeness (QED) is 0.744. The molecule has 1 spiro atoms. The van der Waals surface area contributed by atoms with Crippen LogP contribution in [0.1, 0.15) is 18.5 Å². The smallest absolute Gasteiger partial charge is 0.343 e. The minimum Gasteiger partial charge on any atom is -0.343 e. The summed E-state index contributed by atoms with van der Waals surface area (Å²) in [5, 5.41) is -0.251. The highest BCUT2D eigenvalue weighted by Gasteiger charge is 2.59. The summed E-state index contributed by atoms with van der Waals surface area (Å²) in [6, 6.07) is 0. The van der Waals surface area contributed by atoms with E-state index in [9.17, 15) is 18.0 Å². The van der Waals surface area contributed by atoms with Crippen LogP contribution in [0.2, 0.25) is 5.28 Å². The van der Waals surface area contributed by atoms with E-state index in [1.165, 1.54) is 11.9 Å². The van der Waals surface area contributed by atoms with Crippen molar-refractivity contribution >= 4 is 29.0 Å². The Kier molecular flexibility index (Phi) is 2.89. The van der Waals surface area contributed by atoms with Crippen molar-refractivity contribution in [3.8, 4) is 0 Å². The molecule has 1 amide bonds. The number of aromatic nitrogens is 2. The number of alkyl halides is 3. The second kappa shape index (κ2) is 4.22. The summed E-state index contributed by atoms with van der Waals surface area (Å²) in [6.45, 7) is 0. The highest BCUT2D eigenvalue weighted by atomic mass is 35.5. The number of fused-ring (bicyclic) bond motifs is 1. The molecule has 0 bridgehead atoms. The lowest BCUT2D eigenvalue weighted by molar-refractivity contribution is -0.128. The fraction of sp³-hybridized carbons (Fsp3) is 0.583. The summed E-state index contributed by atoms with van der Waals surface area (Å²) < 4.78 is 38.1. The van der Waals surface area contributed by atoms with E-state index in [1.54, 1.807) is 11.9 Å². The van der Waals surface area contributed by atoms with Crippen LogP contribution in [0.3, 0.4) is 0 Å². The molecule has 2 aliphatic rings. The number of nitrogens with zero attached hydrogens (tertiary/aromatic N) is 4. The van der Waals surface area contributed by atoms with E-state index in [0.717, 1.165) is 0 Å². The van der Waals surface area contributed by atoms with Crippen molar-refractivity contribution in [3.63, 3.8) is 0 Å². The summed E-state index contributed by atoms with van der Waals surface area (Å²) in [5.41, 5.74) is -0.882. The molecule has 114 valence electrons. The molecule has 0 N–H and O–H groups in total. The zero-order chi connectivity index (χ0) is 15.6. The first kappa shape index (κ1) is 14.4. The number of hydrogen-bond acceptors (Lipinski definition) is 4. The minimum atomic E-state index is -4.44. The summed E-state index contributed by atoms with van der Waals surface area (Å²) >= 11 is 5.75. The first-order valence-corrected chi connectivity index (χ1v) is 6.69. The summed E-state index contributed by atoms with van der Waals surface area (Å²) in [6.07, 6.45) is -4.39. The van der Waals surface area contributed by atoms with Crippen LogP contribution in [0.4, 0.5) is 24.7 Å². The van der Waals surface area contributed by atoms with E-state index in [0.29, 0.717) is 12.8 Å². The fourth-order valence-corrected chi connectivity index (χ4v) is 2.96. The van der Waals surface area contributed by atoms with Gasteiger partial charge in [0.05, 0.1) is 12.1 Å². The van der Waals surface area contributed by atoms with Crippen LogP contribution in [0.15, 0.2) is 0 Å². The molecule has 5 nitrogen and oxygen atoms in total. The molecule has 1 saturated carbocycles. The molecule has 2 heterocycles. The lowest BCUT2D eigenvalue weighted by atomic mass is 10.1. The van der Waals surface area contributed by atoms with Gasteiger partial charge in [-0.25, -0.2) is 4.98 Å². The molecule has 0 aromatic carbocycles. The van der Waals surface area contributed by atoms with Gasteiger partial charge in [0.1, 0.15) is 11.2 Å². The number of hydrogen-bond donors (Lipinski definition) is 0. The topological polar surface area (TPSA) is 49.3 Å². The Hall–Kier alpha value is -1.57. The maximum Gasteiger partial charge on any atom is 0.394 e. The van der Waals surface area contributed by atoms with Crippen LogP contribution < -0.4 is 9.80 Å². The predicted molar refractivity (Wildman–Crippen MR) is 70.6 cm³/mol. The van der Waals surface area contributed by atoms with Gasteiger partial charge in [0.2, 0.25) is 5.28 Å². The molecule has 1 aromatic heterocycles. The fourth-order valence-electron chi connectivity index (χ4n) is 2.78. The third kappa shape index (κ3) is 2.12. The number of amides is 1. The summed E-state index contributed by atoms with van der Waals surface area (Å²) in [5.74, 6) is 0.0423. The van der Waals surface area contributed by atoms with E-state index in [4.69, 9.17) is 11.6 Å². The normalized spacial score (nSPS) is 20.0. The van der Waals surface area contributed by atoms with Gasteiger partial charge in [-0.2, -0.15) is 18.2 Å². The molecule has 21 heavy (non-hydrogen) atoms. The van der Waals surface area contributed by atoms with Crippen molar-refractivity contribution in [2.75, 3.05) is 23.9 Å². The third-order valence-corrected chi connectivity index (χ3v) is 4.17. The Morgan fingerprint density at radius 3 is 2.43 bits per heavy atom. The highest BCUT2D eigenvalue weighted by molar-refractivity contribution is 6.28. The predicted octanol–water partition coefficient (Wildman–Crippen LogP) is 2.18. The molecule has 1 aromatic rings. The zero-order valence-corrected chi connectivity index (χ0v) is 12.1. The Labute approximate surface area is 123 Å². The van der Waals surface area contributed by atoms with Crippen molar-refractivity contribution < 1.29 is 18.0 Å². The van der Waals surface area contributed by atoms with Gasteiger partial charge in [0.25, 0.3) is 5.91 Å². The summed E-state index contributed by atoms with van der Waals surface area (Å²) in [7, 11) is 3.10. The lowest BCUT2D eigenvalue weighted by Gasteiger charge is -2.39. The van der Waals surface area contributed by atoms with E-state index in [-0.39, 0.29) is 28.4 Å². The zero-order valence-electron chi connectivity index (χ0n) is 11.3. The minimum absolute atomic E-state index is 0.0850. The first-order valence-electron chi connectivity index (χ1n) is 6.31. The Bertz CT molecular complexity index is 630. The molecule has 1 aliphatic heterocycles. The van der Waals surface area contributed by atoms with Crippen molar-refractivity contribution in [2.24, 2.45) is 0 Å². The Balaban J connectivity index is 2.17. The van der Waals surface area contributed by atoms with Gasteiger partial charge in [-0.3, -0.25) is 4.79 Å². The number of likely N-dealkylation sites (N-methyl/N-ethyl adjacent to an activating group) is 2. The second-order valence-electron chi connectivity index (χ2n) is 5.36. The standard InChI is InChI=1S/C12H12ClF3N4O/c1-19-7-6(5-12(14,15)16)17-10(13)18-8(7)20(2)11(3-4-11)9(19)21/h3-5H2,1-2H3. The number of anilines is 2. The van der Waals surface area contributed by atoms with Crippen LogP contribution in [-0.4, -0.2) is 41.7 Å². The molecule has 0 radical (unpaired) electrons. The molecule has 0 saturated heterocycles. The maximum absolute atomic E-state index is 12.7. The van der Waals surface area contributed by atoms with E-state index in [1.807, 2.05) is 0 Å². The van der Waals surface area contributed by atoms with Crippen molar-refractivity contribution in [1.29, 1.82) is 0 Å². The largest absolute Gasteiger partial charge is 0.394 e. The molecule has 1 aliphatic carbocycles. The number of carbonyl (C=O) groups excluding carboxylic acids is 1. The Morgan fingerprint density at radius 1 is 1.29 bits per heavy atom. The molecule has 9 heteroatoms. The van der Waals surface area contributed by atoms with Gasteiger partial charge in [-0.05, 0) is 24.4 Å². The SMILES string of the molecule is CN1C(=O)C2(CC2)N(C)c2nc(Cl)nc(CC(F)(F)F)c21. The second-order valence-corrected chi connectivity index (χ2v) is 5.70. The van der Waals surface area contributed by atoms with Gasteiger partial charge in [0.15, 0.2) is 5.82 Å². The number of halogens is 4. The van der Waals surface area contributed by atoms with Crippen LogP contribution >= 0.6 is 11.6 Å². The van der Waals surface area contributed by atoms with Crippen LogP contribution in [0.5, 0.6) is 0 Å². The van der Waals surface area contributed by atoms with Gasteiger partial charge in [0, 0.05) is 14.1 Å². The molecule has 3 rings (SSSR count). The summed E-state index contributed by atoms with van der Waals surface area (Å²) in [4.78, 5) is 22.9. The monoisotopic (exact) mass is 320 g/mol. The molecule has 1 fully saturated rings. The van der Waals surface area contributed by atoms with Crippen molar-refractivity contribution in [2.45, 2.75) is 31.0 Å². The molecule has 0 atom stereocenters. The van der Waals surface area contributed by atoms with Crippen LogP contribution in [0.25, 0.3) is 0 Å². The third-order valence-electron chi connectivity index (χ3n) is 4.00. The van der Waals surface area contributed by atoms with Gasteiger partial charge in [-0.1, -0.05) is 0 Å². The molecular weight excluding hydrogens is 309 g/mol. The average Bonchev–Trinajstić information content (AvgIpc) is 3.13. The van der Waals surface area contributed by atoms with Crippen molar-refractivity contribution in [1.82, 2.24) is 9.97 Å². The van der Waals surface area contributed by atoms with Gasteiger partial charge < -0.3 is 9.80 Å². The lowest BCUT2D eigenvalue weighted by Crippen LogP contribution is -2.53. The maximum atomic E-state index is 12.7. The van der Waals surface area contributed by atoms with Crippen LogP contribution in [0, 0.1) is 0 Å². The highest BCUT2D eigenvalue weighted by Crippen LogP contribution is 2.51. The van der Waals surface area contributed by atoms with Crippen LogP contribution in [-0.2, 0) is 11.2 Å². The van der Waals surface area contributed by atoms with E-state index >= 15 is 0 Å².